The largest absolute Gasteiger partial charge is 0.467 e. The van der Waals surface area contributed by atoms with Crippen LogP contribution in [-0.2, 0) is 0 Å². The second-order valence-corrected chi connectivity index (χ2v) is 6.41. The van der Waals surface area contributed by atoms with Gasteiger partial charge in [-0.2, -0.15) is 15.0 Å². The topological polar surface area (TPSA) is 59.9 Å². The Labute approximate surface area is 153 Å². The number of nitrogens with zero attached hydrogens (tertiary/aromatic N) is 3. The van der Waals surface area contributed by atoms with Crippen molar-refractivity contribution in [1.29, 1.82) is 0 Å². The average Bonchev–Trinajstić information content (AvgIpc) is 2.59. The summed E-state index contributed by atoms with van der Waals surface area (Å²) in [4.78, 5) is 13.1. The van der Waals surface area contributed by atoms with Crippen LogP contribution in [0.15, 0.2) is 46.9 Å². The minimum atomic E-state index is 0.235. The molecule has 0 amide bonds. The van der Waals surface area contributed by atoms with Crippen molar-refractivity contribution >= 4 is 39.2 Å². The van der Waals surface area contributed by atoms with Crippen LogP contribution in [0.2, 0.25) is 5.02 Å². The molecule has 0 aliphatic carbocycles. The molecule has 2 aromatic carbocycles. The molecule has 0 aliphatic heterocycles. The molecular formula is C17H14BrClN4O. The van der Waals surface area contributed by atoms with Gasteiger partial charge in [-0.25, -0.2) is 0 Å². The molecular weight excluding hydrogens is 392 g/mol. The predicted molar refractivity (Wildman–Crippen MR) is 99.0 cm³/mol. The first-order valence-electron chi connectivity index (χ1n) is 7.14. The molecule has 0 fully saturated rings. The molecule has 3 rings (SSSR count). The SMILES string of the molecule is COc1nc(Nc2ccc(Br)cc2)nc(-c2cc(Cl)ccc2C)n1. The van der Waals surface area contributed by atoms with Gasteiger partial charge in [0.05, 0.1) is 7.11 Å². The number of halogens is 2. The third-order valence-electron chi connectivity index (χ3n) is 3.34. The lowest BCUT2D eigenvalue weighted by Gasteiger charge is -2.10. The smallest absolute Gasteiger partial charge is 0.321 e. The molecule has 122 valence electrons. The van der Waals surface area contributed by atoms with E-state index in [9.17, 15) is 0 Å². The molecule has 0 aliphatic rings. The molecule has 0 radical (unpaired) electrons. The summed E-state index contributed by atoms with van der Waals surface area (Å²) in [6.45, 7) is 1.98. The van der Waals surface area contributed by atoms with Crippen molar-refractivity contribution < 1.29 is 4.74 Å². The van der Waals surface area contributed by atoms with E-state index in [1.165, 1.54) is 7.11 Å². The third kappa shape index (κ3) is 3.83. The van der Waals surface area contributed by atoms with Crippen molar-refractivity contribution in [3.63, 3.8) is 0 Å². The number of nitrogens with one attached hydrogen (secondary N) is 1. The monoisotopic (exact) mass is 404 g/mol. The second-order valence-electron chi connectivity index (χ2n) is 5.06. The normalized spacial score (nSPS) is 10.5. The van der Waals surface area contributed by atoms with E-state index in [1.54, 1.807) is 0 Å². The summed E-state index contributed by atoms with van der Waals surface area (Å²) in [7, 11) is 1.52. The molecule has 0 bridgehead atoms. The van der Waals surface area contributed by atoms with Gasteiger partial charge >= 0.3 is 6.01 Å². The number of aromatic nitrogens is 3. The van der Waals surface area contributed by atoms with Crippen molar-refractivity contribution in [3.05, 3.63) is 57.5 Å². The molecule has 5 nitrogen and oxygen atoms in total. The number of rotatable bonds is 4. The molecule has 0 spiro atoms. The van der Waals surface area contributed by atoms with Gasteiger partial charge in [-0.3, -0.25) is 0 Å². The van der Waals surface area contributed by atoms with Crippen LogP contribution >= 0.6 is 27.5 Å². The first-order valence-corrected chi connectivity index (χ1v) is 8.31. The Morgan fingerprint density at radius 1 is 1.04 bits per heavy atom. The molecule has 3 aromatic rings. The maximum atomic E-state index is 6.10. The van der Waals surface area contributed by atoms with Crippen LogP contribution in [0.5, 0.6) is 6.01 Å². The van der Waals surface area contributed by atoms with Gasteiger partial charge in [0, 0.05) is 20.7 Å². The minimum Gasteiger partial charge on any atom is -0.467 e. The van der Waals surface area contributed by atoms with Gasteiger partial charge in [0.2, 0.25) is 5.95 Å². The highest BCUT2D eigenvalue weighted by atomic mass is 79.9. The summed E-state index contributed by atoms with van der Waals surface area (Å²) >= 11 is 9.51. The molecule has 1 N–H and O–H groups in total. The zero-order valence-electron chi connectivity index (χ0n) is 13.0. The van der Waals surface area contributed by atoms with Crippen molar-refractivity contribution in [2.24, 2.45) is 0 Å². The number of hydrogen-bond donors (Lipinski definition) is 1. The summed E-state index contributed by atoms with van der Waals surface area (Å²) in [5.41, 5.74) is 2.71. The Morgan fingerprint density at radius 3 is 2.50 bits per heavy atom. The van der Waals surface area contributed by atoms with Crippen LogP contribution in [0.25, 0.3) is 11.4 Å². The van der Waals surface area contributed by atoms with Gasteiger partial charge in [-0.15, -0.1) is 0 Å². The Kier molecular flexibility index (Phi) is 4.97. The lowest BCUT2D eigenvalue weighted by Crippen LogP contribution is -2.04. The number of benzene rings is 2. The highest BCUT2D eigenvalue weighted by Crippen LogP contribution is 2.26. The van der Waals surface area contributed by atoms with E-state index in [2.05, 4.69) is 36.2 Å². The number of ether oxygens (including phenoxy) is 1. The predicted octanol–water partition coefficient (Wildman–Crippen LogP) is 5.02. The van der Waals surface area contributed by atoms with Gasteiger partial charge in [-0.1, -0.05) is 33.6 Å². The third-order valence-corrected chi connectivity index (χ3v) is 4.10. The van der Waals surface area contributed by atoms with E-state index in [0.29, 0.717) is 16.8 Å². The maximum Gasteiger partial charge on any atom is 0.321 e. The van der Waals surface area contributed by atoms with Crippen LogP contribution in [0.1, 0.15) is 5.56 Å². The lowest BCUT2D eigenvalue weighted by atomic mass is 10.1. The van der Waals surface area contributed by atoms with E-state index >= 15 is 0 Å². The summed E-state index contributed by atoms with van der Waals surface area (Å²) in [5.74, 6) is 0.903. The molecule has 24 heavy (non-hydrogen) atoms. The summed E-state index contributed by atoms with van der Waals surface area (Å²) in [6, 6.07) is 13.5. The first kappa shape index (κ1) is 16.7. The van der Waals surface area contributed by atoms with Gasteiger partial charge in [0.1, 0.15) is 0 Å². The molecule has 7 heteroatoms. The van der Waals surface area contributed by atoms with E-state index in [4.69, 9.17) is 16.3 Å². The standard InChI is InChI=1S/C17H14BrClN4O/c1-10-3-6-12(19)9-14(10)15-21-16(23-17(22-15)24-2)20-13-7-4-11(18)5-8-13/h3-9H,1-2H3,(H,20,21,22,23). The van der Waals surface area contributed by atoms with Crippen LogP contribution in [-0.4, -0.2) is 22.1 Å². The van der Waals surface area contributed by atoms with E-state index in [0.717, 1.165) is 21.3 Å². The zero-order valence-corrected chi connectivity index (χ0v) is 15.4. The van der Waals surface area contributed by atoms with Crippen LogP contribution in [0.4, 0.5) is 11.6 Å². The first-order chi connectivity index (χ1) is 11.5. The van der Waals surface area contributed by atoms with Gasteiger partial charge < -0.3 is 10.1 Å². The summed E-state index contributed by atoms with van der Waals surface area (Å²) in [6.07, 6.45) is 0. The number of hydrogen-bond acceptors (Lipinski definition) is 5. The van der Waals surface area contributed by atoms with E-state index in [1.807, 2.05) is 49.4 Å². The van der Waals surface area contributed by atoms with Crippen LogP contribution < -0.4 is 10.1 Å². The van der Waals surface area contributed by atoms with Crippen LogP contribution in [0.3, 0.4) is 0 Å². The highest BCUT2D eigenvalue weighted by Gasteiger charge is 2.12. The van der Waals surface area contributed by atoms with Crippen molar-refractivity contribution in [1.82, 2.24) is 15.0 Å². The van der Waals surface area contributed by atoms with E-state index < -0.39 is 0 Å². The van der Waals surface area contributed by atoms with Crippen molar-refractivity contribution in [3.8, 4) is 17.4 Å². The number of anilines is 2. The second kappa shape index (κ2) is 7.15. The molecule has 0 saturated carbocycles. The summed E-state index contributed by atoms with van der Waals surface area (Å²) < 4.78 is 6.20. The van der Waals surface area contributed by atoms with Crippen LogP contribution in [0, 0.1) is 6.92 Å². The minimum absolute atomic E-state index is 0.235. The number of aryl methyl sites for hydroxylation is 1. The summed E-state index contributed by atoms with van der Waals surface area (Å²) in [5, 5.41) is 3.78. The van der Waals surface area contributed by atoms with Crippen molar-refractivity contribution in [2.75, 3.05) is 12.4 Å². The highest BCUT2D eigenvalue weighted by molar-refractivity contribution is 9.10. The van der Waals surface area contributed by atoms with E-state index in [-0.39, 0.29) is 6.01 Å². The fraction of sp³-hybridized carbons (Fsp3) is 0.118. The molecule has 1 aromatic heterocycles. The molecule has 0 unspecified atom stereocenters. The molecule has 1 heterocycles. The Hall–Kier alpha value is -2.18. The number of methoxy groups -OCH3 is 1. The maximum absolute atomic E-state index is 6.10. The van der Waals surface area contributed by atoms with Gasteiger partial charge in [0.25, 0.3) is 0 Å². The average molecular weight is 406 g/mol. The Bertz CT molecular complexity index is 871. The zero-order chi connectivity index (χ0) is 17.1. The Morgan fingerprint density at radius 2 is 1.79 bits per heavy atom. The van der Waals surface area contributed by atoms with Gasteiger partial charge in [-0.05, 0) is 48.9 Å². The fourth-order valence-electron chi connectivity index (χ4n) is 2.12. The van der Waals surface area contributed by atoms with Crippen molar-refractivity contribution in [2.45, 2.75) is 6.92 Å². The quantitative estimate of drug-likeness (QED) is 0.661. The fourth-order valence-corrected chi connectivity index (χ4v) is 2.56. The molecule has 0 saturated heterocycles. The Balaban J connectivity index is 2.02. The van der Waals surface area contributed by atoms with Gasteiger partial charge in [0.15, 0.2) is 5.82 Å². The molecule has 0 atom stereocenters. The lowest BCUT2D eigenvalue weighted by molar-refractivity contribution is 0.379.